The molecule has 1 N–H and O–H groups in total. The third-order valence-corrected chi connectivity index (χ3v) is 8.98. The Balaban J connectivity index is 1.15. The fraction of sp³-hybridized carbons (Fsp3) is 0.552. The Morgan fingerprint density at radius 2 is 1.57 bits per heavy atom. The van der Waals surface area contributed by atoms with Gasteiger partial charge in [-0.05, 0) is 87.0 Å². The lowest BCUT2D eigenvalue weighted by atomic mass is 9.86. The van der Waals surface area contributed by atoms with Crippen LogP contribution >= 0.6 is 23.2 Å². The van der Waals surface area contributed by atoms with Crippen LogP contribution in [0.4, 0.5) is 5.69 Å². The predicted octanol–water partition coefficient (Wildman–Crippen LogP) is 6.48. The van der Waals surface area contributed by atoms with Gasteiger partial charge in [0.2, 0.25) is 5.91 Å². The van der Waals surface area contributed by atoms with E-state index >= 15 is 0 Å². The molecule has 0 aromatic heterocycles. The summed E-state index contributed by atoms with van der Waals surface area (Å²) in [4.78, 5) is 17.5. The maximum Gasteiger partial charge on any atom is 0.223 e. The lowest BCUT2D eigenvalue weighted by molar-refractivity contribution is -0.127. The topological polar surface area (TPSA) is 35.6 Å². The number of carbonyl (C=O) groups excluding carboxylic acids is 1. The van der Waals surface area contributed by atoms with E-state index < -0.39 is 0 Å². The number of anilines is 1. The molecule has 0 unspecified atom stereocenters. The molecule has 0 atom stereocenters. The number of amides is 1. The summed E-state index contributed by atoms with van der Waals surface area (Å²) in [7, 11) is 0. The monoisotopic (exact) mass is 513 g/mol. The van der Waals surface area contributed by atoms with Gasteiger partial charge in [-0.25, -0.2) is 0 Å². The molecule has 1 saturated carbocycles. The van der Waals surface area contributed by atoms with Gasteiger partial charge in [0.25, 0.3) is 0 Å². The molecule has 3 aliphatic rings. The van der Waals surface area contributed by atoms with E-state index in [0.717, 1.165) is 74.1 Å². The Labute approximate surface area is 220 Å². The molecule has 4 nitrogen and oxygen atoms in total. The number of likely N-dealkylation sites (tertiary alicyclic amines) is 1. The molecular formula is C29H37Cl2N3O. The number of piperidine rings is 1. The summed E-state index contributed by atoms with van der Waals surface area (Å²) >= 11 is 12.8. The van der Waals surface area contributed by atoms with Crippen molar-refractivity contribution < 1.29 is 4.79 Å². The molecule has 1 amide bonds. The summed E-state index contributed by atoms with van der Waals surface area (Å²) in [5.41, 5.74) is 6.54. The molecule has 6 heteroatoms. The van der Waals surface area contributed by atoms with Gasteiger partial charge in [0.05, 0.1) is 15.7 Å². The van der Waals surface area contributed by atoms with Crippen molar-refractivity contribution in [1.82, 2.24) is 10.2 Å². The van der Waals surface area contributed by atoms with Gasteiger partial charge in [-0.2, -0.15) is 0 Å². The highest BCUT2D eigenvalue weighted by atomic mass is 35.5. The fourth-order valence-electron chi connectivity index (χ4n) is 6.14. The summed E-state index contributed by atoms with van der Waals surface area (Å²) in [5, 5.41) is 4.74. The molecule has 3 fully saturated rings. The number of rotatable bonds is 6. The Morgan fingerprint density at radius 3 is 2.17 bits per heavy atom. The molecule has 2 aromatic rings. The first kappa shape index (κ1) is 24.9. The van der Waals surface area contributed by atoms with Crippen LogP contribution in [0.15, 0.2) is 30.3 Å². The number of hydrogen-bond acceptors (Lipinski definition) is 3. The van der Waals surface area contributed by atoms with Gasteiger partial charge in [0.15, 0.2) is 0 Å². The van der Waals surface area contributed by atoms with Gasteiger partial charge in [0.1, 0.15) is 0 Å². The molecular weight excluding hydrogens is 477 g/mol. The molecule has 0 radical (unpaired) electrons. The predicted molar refractivity (Wildman–Crippen MR) is 146 cm³/mol. The van der Waals surface area contributed by atoms with E-state index in [-0.39, 0.29) is 5.92 Å². The molecule has 2 aromatic carbocycles. The van der Waals surface area contributed by atoms with Crippen LogP contribution in [-0.2, 0) is 11.3 Å². The highest BCUT2D eigenvalue weighted by molar-refractivity contribution is 6.39. The first-order valence-electron chi connectivity index (χ1n) is 13.2. The largest absolute Gasteiger partial charge is 0.368 e. The van der Waals surface area contributed by atoms with Gasteiger partial charge < -0.3 is 10.2 Å². The van der Waals surface area contributed by atoms with E-state index in [1.807, 2.05) is 18.2 Å². The standard InChI is InChI=1S/C29H37Cl2N3O/c1-19-14-22(23-16-34(17-23)28-26(30)8-5-9-27(28)31)15-20(2)25(19)18-33-12-10-21(11-13-33)29(35)32-24-6-3-4-7-24/h5,8-9,14-15,21,23-24H,3-4,6-7,10-13,16-18H2,1-2H3,(H,32,35). The highest BCUT2D eigenvalue weighted by Crippen LogP contribution is 2.40. The van der Waals surface area contributed by atoms with Crippen LogP contribution < -0.4 is 10.2 Å². The Hall–Kier alpha value is -1.75. The van der Waals surface area contributed by atoms with Crippen molar-refractivity contribution in [2.24, 2.45) is 5.92 Å². The van der Waals surface area contributed by atoms with Gasteiger partial charge in [0, 0.05) is 37.5 Å². The van der Waals surface area contributed by atoms with Gasteiger partial charge >= 0.3 is 0 Å². The summed E-state index contributed by atoms with van der Waals surface area (Å²) in [6.45, 7) is 9.35. The van der Waals surface area contributed by atoms with Crippen LogP contribution in [0.5, 0.6) is 0 Å². The van der Waals surface area contributed by atoms with E-state index in [0.29, 0.717) is 17.9 Å². The SMILES string of the molecule is Cc1cc(C2CN(c3c(Cl)cccc3Cl)C2)cc(C)c1CN1CCC(C(=O)NC2CCCC2)CC1. The Kier molecular flexibility index (Phi) is 7.62. The number of carbonyl (C=O) groups is 1. The number of aryl methyl sites for hydroxylation is 2. The zero-order chi connectivity index (χ0) is 24.5. The minimum Gasteiger partial charge on any atom is -0.368 e. The second-order valence-corrected chi connectivity index (χ2v) is 11.7. The number of benzene rings is 2. The van der Waals surface area contributed by atoms with Crippen molar-refractivity contribution in [3.8, 4) is 0 Å². The van der Waals surface area contributed by atoms with Crippen molar-refractivity contribution in [1.29, 1.82) is 0 Å². The molecule has 2 saturated heterocycles. The lowest BCUT2D eigenvalue weighted by Crippen LogP contribution is -2.45. The summed E-state index contributed by atoms with van der Waals surface area (Å²) < 4.78 is 0. The van der Waals surface area contributed by atoms with Gasteiger partial charge in [-0.1, -0.05) is 54.2 Å². The zero-order valence-electron chi connectivity index (χ0n) is 21.0. The second-order valence-electron chi connectivity index (χ2n) is 10.8. The van der Waals surface area contributed by atoms with E-state index in [4.69, 9.17) is 23.2 Å². The van der Waals surface area contributed by atoms with Crippen molar-refractivity contribution in [3.63, 3.8) is 0 Å². The minimum atomic E-state index is 0.185. The average molecular weight is 515 g/mol. The van der Waals surface area contributed by atoms with Crippen LogP contribution in [0, 0.1) is 19.8 Å². The molecule has 2 aliphatic heterocycles. The Bertz CT molecular complexity index is 1020. The normalized spacial score (nSPS) is 20.3. The molecule has 1 aliphatic carbocycles. The Morgan fingerprint density at radius 1 is 0.971 bits per heavy atom. The molecule has 5 rings (SSSR count). The van der Waals surface area contributed by atoms with Crippen molar-refractivity contribution in [2.45, 2.75) is 70.9 Å². The highest BCUT2D eigenvalue weighted by Gasteiger charge is 2.32. The average Bonchev–Trinajstić information content (AvgIpc) is 3.30. The maximum atomic E-state index is 12.7. The molecule has 188 valence electrons. The van der Waals surface area contributed by atoms with Gasteiger partial charge in [-0.15, -0.1) is 0 Å². The molecule has 0 spiro atoms. The summed E-state index contributed by atoms with van der Waals surface area (Å²) in [6.07, 6.45) is 6.78. The van der Waals surface area contributed by atoms with Crippen molar-refractivity contribution in [3.05, 3.63) is 62.6 Å². The van der Waals surface area contributed by atoms with E-state index in [9.17, 15) is 4.79 Å². The van der Waals surface area contributed by atoms with Crippen LogP contribution in [0.1, 0.15) is 66.7 Å². The molecule has 35 heavy (non-hydrogen) atoms. The number of nitrogens with one attached hydrogen (secondary N) is 1. The van der Waals surface area contributed by atoms with Gasteiger partial charge in [-0.3, -0.25) is 9.69 Å². The lowest BCUT2D eigenvalue weighted by Gasteiger charge is -2.42. The zero-order valence-corrected chi connectivity index (χ0v) is 22.5. The molecule has 0 bridgehead atoms. The number of halogens is 2. The fourth-order valence-corrected chi connectivity index (χ4v) is 6.78. The van der Waals surface area contributed by atoms with Crippen molar-refractivity contribution >= 4 is 34.8 Å². The quantitative estimate of drug-likeness (QED) is 0.479. The van der Waals surface area contributed by atoms with E-state index in [2.05, 4.69) is 41.1 Å². The third kappa shape index (κ3) is 5.50. The first-order valence-corrected chi connectivity index (χ1v) is 14.0. The summed E-state index contributed by atoms with van der Waals surface area (Å²) in [5.74, 6) is 0.980. The summed E-state index contributed by atoms with van der Waals surface area (Å²) in [6, 6.07) is 10.9. The second kappa shape index (κ2) is 10.7. The van der Waals surface area contributed by atoms with Crippen molar-refractivity contribution in [2.75, 3.05) is 31.1 Å². The first-order chi connectivity index (χ1) is 16.9. The smallest absolute Gasteiger partial charge is 0.223 e. The number of hydrogen-bond donors (Lipinski definition) is 1. The van der Waals surface area contributed by atoms with E-state index in [1.165, 1.54) is 35.1 Å². The third-order valence-electron chi connectivity index (χ3n) is 8.37. The van der Waals surface area contributed by atoms with Crippen LogP contribution in [0.2, 0.25) is 10.0 Å². The van der Waals surface area contributed by atoms with E-state index in [1.54, 1.807) is 0 Å². The number of nitrogens with zero attached hydrogens (tertiary/aromatic N) is 2. The van der Waals surface area contributed by atoms with Crippen LogP contribution in [0.25, 0.3) is 0 Å². The minimum absolute atomic E-state index is 0.185. The van der Waals surface area contributed by atoms with Crippen LogP contribution in [-0.4, -0.2) is 43.0 Å². The van der Waals surface area contributed by atoms with Crippen LogP contribution in [0.3, 0.4) is 0 Å². The number of para-hydroxylation sites is 1. The maximum absolute atomic E-state index is 12.7. The molecule has 2 heterocycles.